The van der Waals surface area contributed by atoms with Crippen LogP contribution in [-0.4, -0.2) is 5.11 Å². The van der Waals surface area contributed by atoms with Crippen LogP contribution in [0.2, 0.25) is 5.02 Å². The molecule has 3 rings (SSSR count). The minimum absolute atomic E-state index is 0.669. The van der Waals surface area contributed by atoms with E-state index in [1.807, 2.05) is 49.4 Å². The van der Waals surface area contributed by atoms with E-state index < -0.39 is 5.60 Å². The summed E-state index contributed by atoms with van der Waals surface area (Å²) in [5.41, 5.74) is 0.682. The minimum Gasteiger partial charge on any atom is -0.381 e. The van der Waals surface area contributed by atoms with Crippen molar-refractivity contribution in [2.75, 3.05) is 0 Å². The Morgan fingerprint density at radius 3 is 2.25 bits per heavy atom. The SMILES string of the molecule is CC(O)(c1ccc(Cl)cc1)c1cccc2ccccc12. The predicted molar refractivity (Wildman–Crippen MR) is 84.1 cm³/mol. The molecule has 0 fully saturated rings. The van der Waals surface area contributed by atoms with Crippen LogP contribution in [-0.2, 0) is 5.60 Å². The van der Waals surface area contributed by atoms with E-state index in [0.717, 1.165) is 21.9 Å². The van der Waals surface area contributed by atoms with Gasteiger partial charge in [0.15, 0.2) is 0 Å². The molecule has 1 N–H and O–H groups in total. The molecule has 0 heterocycles. The molecule has 0 aliphatic carbocycles. The first-order valence-corrected chi connectivity index (χ1v) is 6.93. The molecule has 100 valence electrons. The molecule has 0 aliphatic rings. The Bertz CT molecular complexity index is 739. The molecular formula is C18H15ClO. The molecule has 0 aromatic heterocycles. The van der Waals surface area contributed by atoms with E-state index in [1.165, 1.54) is 0 Å². The third kappa shape index (κ3) is 2.20. The van der Waals surface area contributed by atoms with Gasteiger partial charge in [-0.2, -0.15) is 0 Å². The van der Waals surface area contributed by atoms with Gasteiger partial charge in [-0.3, -0.25) is 0 Å². The maximum atomic E-state index is 11.0. The lowest BCUT2D eigenvalue weighted by Gasteiger charge is -2.26. The molecule has 0 aliphatic heterocycles. The van der Waals surface area contributed by atoms with Crippen LogP contribution in [0, 0.1) is 0 Å². The molecule has 0 spiro atoms. The number of hydrogen-bond donors (Lipinski definition) is 1. The molecule has 1 nitrogen and oxygen atoms in total. The number of halogens is 1. The first-order valence-electron chi connectivity index (χ1n) is 6.56. The fourth-order valence-electron chi connectivity index (χ4n) is 2.58. The summed E-state index contributed by atoms with van der Waals surface area (Å²) in [7, 11) is 0. The van der Waals surface area contributed by atoms with Crippen LogP contribution in [0.25, 0.3) is 10.8 Å². The van der Waals surface area contributed by atoms with Crippen LogP contribution in [0.15, 0.2) is 66.7 Å². The van der Waals surface area contributed by atoms with E-state index in [-0.39, 0.29) is 0 Å². The van der Waals surface area contributed by atoms with Crippen LogP contribution < -0.4 is 0 Å². The lowest BCUT2D eigenvalue weighted by molar-refractivity contribution is 0.104. The zero-order chi connectivity index (χ0) is 14.2. The molecule has 1 atom stereocenters. The van der Waals surface area contributed by atoms with Crippen LogP contribution in [0.4, 0.5) is 0 Å². The second-order valence-electron chi connectivity index (χ2n) is 5.11. The van der Waals surface area contributed by atoms with Crippen LogP contribution in [0.3, 0.4) is 0 Å². The highest BCUT2D eigenvalue weighted by molar-refractivity contribution is 6.30. The molecular weight excluding hydrogens is 268 g/mol. The van der Waals surface area contributed by atoms with Crippen LogP contribution >= 0.6 is 11.6 Å². The lowest BCUT2D eigenvalue weighted by Crippen LogP contribution is -2.23. The first-order chi connectivity index (χ1) is 9.59. The molecule has 20 heavy (non-hydrogen) atoms. The van der Waals surface area contributed by atoms with Crippen molar-refractivity contribution in [3.8, 4) is 0 Å². The van der Waals surface area contributed by atoms with Gasteiger partial charge in [-0.1, -0.05) is 66.2 Å². The standard InChI is InChI=1S/C18H15ClO/c1-18(20,14-9-11-15(19)12-10-14)17-8-4-6-13-5-2-3-7-16(13)17/h2-12,20H,1H3. The second kappa shape index (κ2) is 4.93. The summed E-state index contributed by atoms with van der Waals surface area (Å²) in [5, 5.41) is 13.9. The van der Waals surface area contributed by atoms with Gasteiger partial charge in [0.05, 0.1) is 0 Å². The Labute approximate surface area is 123 Å². The largest absolute Gasteiger partial charge is 0.381 e. The van der Waals surface area contributed by atoms with Crippen molar-refractivity contribution >= 4 is 22.4 Å². The van der Waals surface area contributed by atoms with Gasteiger partial charge in [-0.25, -0.2) is 0 Å². The van der Waals surface area contributed by atoms with E-state index in [0.29, 0.717) is 5.02 Å². The second-order valence-corrected chi connectivity index (χ2v) is 5.54. The Morgan fingerprint density at radius 1 is 0.850 bits per heavy atom. The monoisotopic (exact) mass is 282 g/mol. The Kier molecular flexibility index (Phi) is 3.25. The highest BCUT2D eigenvalue weighted by Gasteiger charge is 2.27. The van der Waals surface area contributed by atoms with E-state index >= 15 is 0 Å². The van der Waals surface area contributed by atoms with E-state index in [1.54, 1.807) is 12.1 Å². The highest BCUT2D eigenvalue weighted by Crippen LogP contribution is 2.34. The quantitative estimate of drug-likeness (QED) is 0.719. The highest BCUT2D eigenvalue weighted by atomic mass is 35.5. The van der Waals surface area contributed by atoms with Crippen molar-refractivity contribution in [2.24, 2.45) is 0 Å². The number of hydrogen-bond acceptors (Lipinski definition) is 1. The lowest BCUT2D eigenvalue weighted by atomic mass is 9.85. The van der Waals surface area contributed by atoms with Crippen molar-refractivity contribution < 1.29 is 5.11 Å². The summed E-state index contributed by atoms with van der Waals surface area (Å²) >= 11 is 5.92. The van der Waals surface area contributed by atoms with Gasteiger partial charge < -0.3 is 5.11 Å². The fourth-order valence-corrected chi connectivity index (χ4v) is 2.71. The number of benzene rings is 3. The summed E-state index contributed by atoms with van der Waals surface area (Å²) in [6.45, 7) is 1.82. The molecule has 1 unspecified atom stereocenters. The summed E-state index contributed by atoms with van der Waals surface area (Å²) in [5.74, 6) is 0. The van der Waals surface area contributed by atoms with Crippen molar-refractivity contribution in [3.05, 3.63) is 82.9 Å². The zero-order valence-electron chi connectivity index (χ0n) is 11.2. The minimum atomic E-state index is -1.05. The summed E-state index contributed by atoms with van der Waals surface area (Å²) in [4.78, 5) is 0. The molecule has 0 radical (unpaired) electrons. The molecule has 0 saturated carbocycles. The summed E-state index contributed by atoms with van der Waals surface area (Å²) in [6, 6.07) is 21.4. The Morgan fingerprint density at radius 2 is 1.50 bits per heavy atom. The summed E-state index contributed by atoms with van der Waals surface area (Å²) < 4.78 is 0. The Hall–Kier alpha value is -1.83. The van der Waals surface area contributed by atoms with Gasteiger partial charge in [0.25, 0.3) is 0 Å². The van der Waals surface area contributed by atoms with Crippen LogP contribution in [0.5, 0.6) is 0 Å². The molecule has 3 aromatic rings. The zero-order valence-corrected chi connectivity index (χ0v) is 11.9. The van der Waals surface area contributed by atoms with Crippen molar-refractivity contribution in [1.82, 2.24) is 0 Å². The van der Waals surface area contributed by atoms with E-state index in [4.69, 9.17) is 11.6 Å². The average Bonchev–Trinajstić information content (AvgIpc) is 2.47. The van der Waals surface area contributed by atoms with Crippen LogP contribution in [0.1, 0.15) is 18.1 Å². The Balaban J connectivity index is 2.20. The molecule has 3 aromatic carbocycles. The van der Waals surface area contributed by atoms with Gasteiger partial charge >= 0.3 is 0 Å². The van der Waals surface area contributed by atoms with Crippen molar-refractivity contribution in [3.63, 3.8) is 0 Å². The van der Waals surface area contributed by atoms with Gasteiger partial charge in [0.1, 0.15) is 5.60 Å². The van der Waals surface area contributed by atoms with E-state index in [9.17, 15) is 5.11 Å². The molecule has 2 heteroatoms. The third-order valence-corrected chi connectivity index (χ3v) is 3.97. The fraction of sp³-hybridized carbons (Fsp3) is 0.111. The smallest absolute Gasteiger partial charge is 0.112 e. The number of rotatable bonds is 2. The van der Waals surface area contributed by atoms with Crippen molar-refractivity contribution in [1.29, 1.82) is 0 Å². The topological polar surface area (TPSA) is 20.2 Å². The third-order valence-electron chi connectivity index (χ3n) is 3.72. The molecule has 0 saturated heterocycles. The van der Waals surface area contributed by atoms with Crippen molar-refractivity contribution in [2.45, 2.75) is 12.5 Å². The number of aliphatic hydroxyl groups is 1. The van der Waals surface area contributed by atoms with Gasteiger partial charge in [0, 0.05) is 5.02 Å². The molecule has 0 amide bonds. The predicted octanol–water partition coefficient (Wildman–Crippen LogP) is 4.75. The maximum Gasteiger partial charge on any atom is 0.112 e. The number of fused-ring (bicyclic) bond motifs is 1. The average molecular weight is 283 g/mol. The maximum absolute atomic E-state index is 11.0. The van der Waals surface area contributed by atoms with Gasteiger partial charge in [-0.15, -0.1) is 0 Å². The summed E-state index contributed by atoms with van der Waals surface area (Å²) in [6.07, 6.45) is 0. The first kappa shape index (κ1) is 13.2. The molecule has 0 bridgehead atoms. The van der Waals surface area contributed by atoms with E-state index in [2.05, 4.69) is 12.1 Å². The van der Waals surface area contributed by atoms with Gasteiger partial charge in [-0.05, 0) is 41.0 Å². The normalized spacial score (nSPS) is 14.2. The van der Waals surface area contributed by atoms with Gasteiger partial charge in [0.2, 0.25) is 0 Å².